The van der Waals surface area contributed by atoms with Gasteiger partial charge in [-0.2, -0.15) is 0 Å². The molecule has 4 aliphatic carbocycles. The Morgan fingerprint density at radius 3 is 2.12 bits per heavy atom. The van der Waals surface area contributed by atoms with Gasteiger partial charge in [-0.05, 0) is 94.0 Å². The lowest BCUT2D eigenvalue weighted by atomic mass is 9.49. The average Bonchev–Trinajstić information content (AvgIpc) is 2.51. The first kappa shape index (κ1) is 18.9. The molecule has 4 bridgehead atoms. The number of β-amino-alcohol motifs (C(OH)–C–C–N with tert-alkyl or cyclic N) is 1. The number of rotatable bonds is 7. The van der Waals surface area contributed by atoms with Gasteiger partial charge in [-0.1, -0.05) is 6.42 Å². The Labute approximate surface area is 153 Å². The van der Waals surface area contributed by atoms with Crippen molar-refractivity contribution in [3.8, 4) is 0 Å². The predicted octanol–water partition coefficient (Wildman–Crippen LogP) is 3.88. The van der Waals surface area contributed by atoms with Crippen LogP contribution in [0.5, 0.6) is 0 Å². The second kappa shape index (κ2) is 8.24. The van der Waals surface area contributed by atoms with Gasteiger partial charge in [0.25, 0.3) is 0 Å². The van der Waals surface area contributed by atoms with Gasteiger partial charge in [0.1, 0.15) is 0 Å². The van der Waals surface area contributed by atoms with Crippen molar-refractivity contribution < 1.29 is 9.84 Å². The topological polar surface area (TPSA) is 32.7 Å². The van der Waals surface area contributed by atoms with Crippen molar-refractivity contribution in [2.75, 3.05) is 32.8 Å². The fourth-order valence-corrected chi connectivity index (χ4v) is 6.60. The number of nitrogens with zero attached hydrogens (tertiary/aromatic N) is 1. The van der Waals surface area contributed by atoms with E-state index in [0.717, 1.165) is 44.0 Å². The molecule has 0 aromatic carbocycles. The van der Waals surface area contributed by atoms with E-state index in [-0.39, 0.29) is 18.5 Å². The van der Waals surface area contributed by atoms with Gasteiger partial charge >= 0.3 is 0 Å². The van der Waals surface area contributed by atoms with Crippen LogP contribution >= 0.6 is 12.4 Å². The Hall–Kier alpha value is 0.170. The van der Waals surface area contributed by atoms with E-state index in [1.54, 1.807) is 0 Å². The Balaban J connectivity index is 0.00000169. The minimum absolute atomic E-state index is 0. The Morgan fingerprint density at radius 2 is 1.54 bits per heavy atom. The summed E-state index contributed by atoms with van der Waals surface area (Å²) >= 11 is 0. The van der Waals surface area contributed by atoms with Crippen LogP contribution < -0.4 is 0 Å². The van der Waals surface area contributed by atoms with Gasteiger partial charge in [0, 0.05) is 13.2 Å². The van der Waals surface area contributed by atoms with Crippen molar-refractivity contribution in [3.63, 3.8) is 0 Å². The van der Waals surface area contributed by atoms with E-state index in [0.29, 0.717) is 12.0 Å². The van der Waals surface area contributed by atoms with Crippen LogP contribution in [0.25, 0.3) is 0 Å². The highest BCUT2D eigenvalue weighted by molar-refractivity contribution is 5.85. The maximum Gasteiger partial charge on any atom is 0.0900 e. The average molecular weight is 358 g/mol. The molecule has 1 unspecified atom stereocenters. The Bertz CT molecular complexity index is 362. The zero-order valence-electron chi connectivity index (χ0n) is 15.1. The molecule has 1 N–H and O–H groups in total. The minimum Gasteiger partial charge on any atom is -0.389 e. The van der Waals surface area contributed by atoms with Crippen LogP contribution in [0.1, 0.15) is 64.2 Å². The molecule has 5 aliphatic rings. The summed E-state index contributed by atoms with van der Waals surface area (Å²) in [6.07, 6.45) is 13.9. The second-order valence-corrected chi connectivity index (χ2v) is 9.26. The molecule has 140 valence electrons. The van der Waals surface area contributed by atoms with E-state index in [1.807, 2.05) is 0 Å². The zero-order valence-corrected chi connectivity index (χ0v) is 15.9. The summed E-state index contributed by atoms with van der Waals surface area (Å²) in [5.74, 6) is 3.10. The summed E-state index contributed by atoms with van der Waals surface area (Å²) in [5.41, 5.74) is 0.618. The summed E-state index contributed by atoms with van der Waals surface area (Å²) in [7, 11) is 0. The molecule has 0 aromatic rings. The number of likely N-dealkylation sites (tertiary alicyclic amines) is 1. The van der Waals surface area contributed by atoms with E-state index >= 15 is 0 Å². The van der Waals surface area contributed by atoms with Crippen molar-refractivity contribution in [2.24, 2.45) is 23.2 Å². The lowest BCUT2D eigenvalue weighted by Gasteiger charge is -2.57. The van der Waals surface area contributed by atoms with Gasteiger partial charge in [-0.25, -0.2) is 0 Å². The van der Waals surface area contributed by atoms with Gasteiger partial charge in [0.15, 0.2) is 0 Å². The normalized spacial score (nSPS) is 39.6. The first-order valence-electron chi connectivity index (χ1n) is 10.2. The van der Waals surface area contributed by atoms with Crippen LogP contribution in [-0.4, -0.2) is 49.0 Å². The molecule has 5 rings (SSSR count). The molecular weight excluding hydrogens is 322 g/mol. The van der Waals surface area contributed by atoms with Gasteiger partial charge in [-0.15, -0.1) is 12.4 Å². The monoisotopic (exact) mass is 357 g/mol. The molecule has 1 saturated heterocycles. The van der Waals surface area contributed by atoms with Crippen molar-refractivity contribution in [2.45, 2.75) is 70.3 Å². The molecule has 3 nitrogen and oxygen atoms in total. The van der Waals surface area contributed by atoms with Crippen LogP contribution in [0.3, 0.4) is 0 Å². The van der Waals surface area contributed by atoms with E-state index in [1.165, 1.54) is 64.2 Å². The fraction of sp³-hybridized carbons (Fsp3) is 1.00. The molecule has 1 aliphatic heterocycles. The summed E-state index contributed by atoms with van der Waals surface area (Å²) in [6, 6.07) is 0. The second-order valence-electron chi connectivity index (χ2n) is 9.26. The van der Waals surface area contributed by atoms with Crippen LogP contribution in [0, 0.1) is 23.2 Å². The number of ether oxygens (including phenoxy) is 1. The maximum absolute atomic E-state index is 10.2. The molecule has 1 atom stereocenters. The third-order valence-corrected chi connectivity index (χ3v) is 7.17. The van der Waals surface area contributed by atoms with Crippen molar-refractivity contribution in [3.05, 3.63) is 0 Å². The maximum atomic E-state index is 10.2. The standard InChI is InChI=1S/C20H35NO2.ClH/c22-19(14-21-5-2-1-3-6-21)15-23-7-4-20-11-16-8-17(12-20)10-18(9-16)13-20;/h16-19,22H,1-15H2;1H. The number of halogens is 1. The number of aliphatic hydroxyl groups is 1. The molecule has 24 heavy (non-hydrogen) atoms. The van der Waals surface area contributed by atoms with E-state index < -0.39 is 0 Å². The Morgan fingerprint density at radius 1 is 0.958 bits per heavy atom. The molecule has 1 heterocycles. The first-order chi connectivity index (χ1) is 11.2. The number of piperidine rings is 1. The van der Waals surface area contributed by atoms with Crippen LogP contribution in [-0.2, 0) is 4.74 Å². The third kappa shape index (κ3) is 4.47. The number of hydrogen-bond acceptors (Lipinski definition) is 3. The zero-order chi connectivity index (χ0) is 15.7. The molecule has 4 saturated carbocycles. The largest absolute Gasteiger partial charge is 0.389 e. The minimum atomic E-state index is -0.301. The molecule has 4 heteroatoms. The van der Waals surface area contributed by atoms with E-state index in [4.69, 9.17) is 4.74 Å². The highest BCUT2D eigenvalue weighted by Gasteiger charge is 2.50. The lowest BCUT2D eigenvalue weighted by Crippen LogP contribution is -2.46. The smallest absolute Gasteiger partial charge is 0.0900 e. The summed E-state index contributed by atoms with van der Waals surface area (Å²) in [6.45, 7) is 4.51. The summed E-state index contributed by atoms with van der Waals surface area (Å²) in [5, 5.41) is 10.2. The lowest BCUT2D eigenvalue weighted by molar-refractivity contribution is -0.0742. The van der Waals surface area contributed by atoms with Crippen molar-refractivity contribution in [1.82, 2.24) is 4.90 Å². The van der Waals surface area contributed by atoms with Gasteiger partial charge in [0.05, 0.1) is 12.7 Å². The number of hydrogen-bond donors (Lipinski definition) is 1. The molecule has 0 amide bonds. The SMILES string of the molecule is Cl.OC(COCCC12CC3CC(CC(C3)C1)C2)CN1CCCCC1. The summed E-state index contributed by atoms with van der Waals surface area (Å²) < 4.78 is 5.90. The van der Waals surface area contributed by atoms with Crippen LogP contribution in [0.4, 0.5) is 0 Å². The first-order valence-corrected chi connectivity index (χ1v) is 10.2. The van der Waals surface area contributed by atoms with Gasteiger partial charge < -0.3 is 14.7 Å². The van der Waals surface area contributed by atoms with E-state index in [2.05, 4.69) is 4.90 Å². The molecule has 5 fully saturated rings. The Kier molecular flexibility index (Phi) is 6.51. The quantitative estimate of drug-likeness (QED) is 0.702. The van der Waals surface area contributed by atoms with Crippen LogP contribution in [0.2, 0.25) is 0 Å². The summed E-state index contributed by atoms with van der Waals surface area (Å²) in [4.78, 5) is 2.40. The predicted molar refractivity (Wildman–Crippen MR) is 99.6 cm³/mol. The van der Waals surface area contributed by atoms with E-state index in [9.17, 15) is 5.11 Å². The van der Waals surface area contributed by atoms with Crippen molar-refractivity contribution >= 4 is 12.4 Å². The van der Waals surface area contributed by atoms with Crippen molar-refractivity contribution in [1.29, 1.82) is 0 Å². The fourth-order valence-electron chi connectivity index (χ4n) is 6.60. The molecule has 0 aromatic heterocycles. The molecular formula is C20H36ClNO2. The van der Waals surface area contributed by atoms with Gasteiger partial charge in [-0.3, -0.25) is 0 Å². The van der Waals surface area contributed by atoms with Crippen LogP contribution in [0.15, 0.2) is 0 Å². The third-order valence-electron chi connectivity index (χ3n) is 7.17. The highest BCUT2D eigenvalue weighted by atomic mass is 35.5. The number of aliphatic hydroxyl groups excluding tert-OH is 1. The highest BCUT2D eigenvalue weighted by Crippen LogP contribution is 2.61. The molecule has 0 radical (unpaired) electrons. The molecule has 0 spiro atoms. The van der Waals surface area contributed by atoms with Gasteiger partial charge in [0.2, 0.25) is 0 Å².